The topological polar surface area (TPSA) is 132 Å². The predicted octanol–water partition coefficient (Wildman–Crippen LogP) is 2.89. The van der Waals surface area contributed by atoms with Gasteiger partial charge in [0.25, 0.3) is 11.8 Å². The lowest BCUT2D eigenvalue weighted by Gasteiger charge is -2.50. The number of aryl methyl sites for hydroxylation is 1. The van der Waals surface area contributed by atoms with Crippen LogP contribution in [0, 0.1) is 24.7 Å². The van der Waals surface area contributed by atoms with Crippen LogP contribution in [-0.4, -0.2) is 71.4 Å². The van der Waals surface area contributed by atoms with Gasteiger partial charge in [0.1, 0.15) is 5.75 Å². The Hall–Kier alpha value is -2.43. The van der Waals surface area contributed by atoms with Crippen LogP contribution in [0.5, 0.6) is 5.75 Å². The van der Waals surface area contributed by atoms with Gasteiger partial charge in [0.15, 0.2) is 9.75 Å². The van der Waals surface area contributed by atoms with Crippen LogP contribution in [0.3, 0.4) is 0 Å². The number of amides is 4. The van der Waals surface area contributed by atoms with Crippen LogP contribution in [0.4, 0.5) is 0 Å². The number of imide groups is 2. The van der Waals surface area contributed by atoms with Crippen LogP contribution >= 0.6 is 39.1 Å². The van der Waals surface area contributed by atoms with Crippen LogP contribution in [0.15, 0.2) is 29.8 Å². The minimum atomic E-state index is -1.91. The molecule has 9 nitrogen and oxygen atoms in total. The Kier molecular flexibility index (Phi) is 6.24. The number of hydrogen-bond donors (Lipinski definition) is 2. The third-order valence-electron chi connectivity index (χ3n) is 8.21. The lowest BCUT2D eigenvalue weighted by Crippen LogP contribution is -2.60. The molecule has 1 saturated carbocycles. The smallest absolute Gasteiger partial charge is 0.305 e. The highest BCUT2D eigenvalue weighted by Gasteiger charge is 2.76. The number of carboxylic acids is 1. The van der Waals surface area contributed by atoms with E-state index in [9.17, 15) is 29.1 Å². The Morgan fingerprint density at radius 1 is 1.11 bits per heavy atom. The van der Waals surface area contributed by atoms with Gasteiger partial charge in [-0.25, -0.2) is 0 Å². The van der Waals surface area contributed by atoms with E-state index in [1.54, 1.807) is 25.1 Å². The third kappa shape index (κ3) is 3.44. The summed E-state index contributed by atoms with van der Waals surface area (Å²) in [6, 6.07) is 4.75. The molecular weight excluding hydrogens is 591 g/mol. The second kappa shape index (κ2) is 8.81. The van der Waals surface area contributed by atoms with Crippen molar-refractivity contribution in [2.75, 3.05) is 12.0 Å². The molecule has 0 radical (unpaired) electrons. The highest BCUT2D eigenvalue weighted by molar-refractivity contribution is 9.09. The lowest BCUT2D eigenvalue weighted by atomic mass is 9.56. The molecule has 0 bridgehead atoms. The van der Waals surface area contributed by atoms with E-state index in [0.717, 1.165) is 9.80 Å². The SMILES string of the molecule is Cc1cc([C@H]2C3=CC[C@@H]4C(=O)N(CCC(=O)O)C(=O)[C@@H]4[C@@H]3C[C@@]3(Cl)C(=O)N(CBr)C(=O)[C@@]23Cl)ccc1O. The summed E-state index contributed by atoms with van der Waals surface area (Å²) in [4.78, 5) is 63.0. The summed E-state index contributed by atoms with van der Waals surface area (Å²) >= 11 is 17.4. The summed E-state index contributed by atoms with van der Waals surface area (Å²) in [6.07, 6.45) is 1.48. The number of carbonyl (C=O) groups excluding carboxylic acids is 4. The second-order valence-electron chi connectivity index (χ2n) is 10.0. The molecule has 2 saturated heterocycles. The standard InChI is InChI=1S/C25H23BrCl2N2O7/c1-11-8-12(2-5-16(11)31)19-13-3-4-14-18(21(35)29(20(14)34)7-6-17(32)33)15(13)9-24(27)22(36)30(10-26)23(37)25(19,24)28/h2-3,5,8,14-15,18-19,31H,4,6-7,9-10H2,1H3,(H,32,33)/t14-,15+,18-,19-,24+,25-/m0/s1. The number of likely N-dealkylation sites (tertiary alicyclic amines) is 2. The molecule has 6 atom stereocenters. The monoisotopic (exact) mass is 612 g/mol. The average molecular weight is 614 g/mol. The molecule has 2 N–H and O–H groups in total. The van der Waals surface area contributed by atoms with Crippen LogP contribution < -0.4 is 0 Å². The minimum Gasteiger partial charge on any atom is -0.508 e. The van der Waals surface area contributed by atoms with E-state index in [4.69, 9.17) is 28.3 Å². The lowest BCUT2D eigenvalue weighted by molar-refractivity contribution is -0.143. The number of phenolic OH excluding ortho intramolecular Hbond substituents is 1. The van der Waals surface area contributed by atoms with Crippen LogP contribution in [0.1, 0.15) is 36.3 Å². The summed E-state index contributed by atoms with van der Waals surface area (Å²) in [5, 5.41) is 19.2. The first-order chi connectivity index (χ1) is 17.4. The highest BCUT2D eigenvalue weighted by Crippen LogP contribution is 2.65. The number of phenols is 1. The molecule has 2 aliphatic heterocycles. The van der Waals surface area contributed by atoms with Crippen molar-refractivity contribution in [2.24, 2.45) is 17.8 Å². The summed E-state index contributed by atoms with van der Waals surface area (Å²) in [5.74, 6) is -6.59. The van der Waals surface area contributed by atoms with Crippen LogP contribution in [0.25, 0.3) is 0 Å². The summed E-state index contributed by atoms with van der Waals surface area (Å²) in [5.41, 5.74) is 1.58. The average Bonchev–Trinajstić information content (AvgIpc) is 3.17. The van der Waals surface area contributed by atoms with Crippen molar-refractivity contribution < 1.29 is 34.2 Å². The summed E-state index contributed by atoms with van der Waals surface area (Å²) in [6.45, 7) is 1.44. The Morgan fingerprint density at radius 2 is 1.81 bits per heavy atom. The van der Waals surface area contributed by atoms with E-state index in [-0.39, 0.29) is 37.0 Å². The van der Waals surface area contributed by atoms with Crippen molar-refractivity contribution in [3.8, 4) is 5.75 Å². The molecule has 2 aliphatic carbocycles. The predicted molar refractivity (Wildman–Crippen MR) is 135 cm³/mol. The van der Waals surface area contributed by atoms with Crippen LogP contribution in [0.2, 0.25) is 0 Å². The molecular formula is C25H23BrCl2N2O7. The molecule has 37 heavy (non-hydrogen) atoms. The van der Waals surface area contributed by atoms with Gasteiger partial charge in [-0.1, -0.05) is 39.7 Å². The number of carboxylic acid groups (broad SMARTS) is 1. The van der Waals surface area contributed by atoms with Gasteiger partial charge in [-0.3, -0.25) is 33.8 Å². The Balaban J connectivity index is 1.67. The molecule has 0 spiro atoms. The molecule has 4 aliphatic rings. The zero-order chi connectivity index (χ0) is 27.0. The van der Waals surface area contributed by atoms with E-state index < -0.39 is 63.0 Å². The number of allylic oxidation sites excluding steroid dienone is 2. The molecule has 5 rings (SSSR count). The molecule has 3 fully saturated rings. The van der Waals surface area contributed by atoms with Gasteiger partial charge >= 0.3 is 5.97 Å². The van der Waals surface area contributed by atoms with E-state index in [2.05, 4.69) is 15.9 Å². The quantitative estimate of drug-likeness (QED) is 0.226. The van der Waals surface area contributed by atoms with Crippen molar-refractivity contribution in [3.05, 3.63) is 41.0 Å². The summed E-state index contributed by atoms with van der Waals surface area (Å²) < 4.78 is 0. The molecule has 0 unspecified atom stereocenters. The van der Waals surface area contributed by atoms with E-state index in [1.165, 1.54) is 6.07 Å². The number of benzene rings is 1. The number of nitrogens with zero attached hydrogens (tertiary/aromatic N) is 2. The Bertz CT molecular complexity index is 1300. The van der Waals surface area contributed by atoms with Crippen molar-refractivity contribution in [3.63, 3.8) is 0 Å². The number of rotatable bonds is 5. The number of halogens is 3. The minimum absolute atomic E-state index is 0.0381. The number of hydrogen-bond acceptors (Lipinski definition) is 6. The second-order valence-corrected chi connectivity index (χ2v) is 11.7. The molecule has 0 aromatic heterocycles. The molecule has 1 aromatic carbocycles. The maximum atomic E-state index is 13.7. The van der Waals surface area contributed by atoms with E-state index >= 15 is 0 Å². The number of fused-ring (bicyclic) bond motifs is 4. The maximum Gasteiger partial charge on any atom is 0.305 e. The fourth-order valence-corrected chi connectivity index (χ4v) is 7.90. The highest BCUT2D eigenvalue weighted by atomic mass is 79.9. The normalized spacial score (nSPS) is 34.9. The number of aromatic hydroxyl groups is 1. The van der Waals surface area contributed by atoms with E-state index in [1.807, 2.05) is 0 Å². The number of aliphatic carboxylic acids is 1. The van der Waals surface area contributed by atoms with Gasteiger partial charge in [0.05, 0.1) is 23.7 Å². The molecule has 12 heteroatoms. The van der Waals surface area contributed by atoms with Gasteiger partial charge in [0.2, 0.25) is 11.8 Å². The number of carbonyl (C=O) groups is 5. The van der Waals surface area contributed by atoms with Crippen molar-refractivity contribution >= 4 is 68.7 Å². The van der Waals surface area contributed by atoms with Crippen LogP contribution in [-0.2, 0) is 24.0 Å². The fourth-order valence-electron chi connectivity index (χ4n) is 6.48. The number of alkyl halides is 3. The van der Waals surface area contributed by atoms with Gasteiger partial charge < -0.3 is 10.2 Å². The first-order valence-electron chi connectivity index (χ1n) is 11.7. The molecule has 1 aromatic rings. The molecule has 196 valence electrons. The van der Waals surface area contributed by atoms with E-state index in [0.29, 0.717) is 16.7 Å². The van der Waals surface area contributed by atoms with Gasteiger partial charge in [-0.2, -0.15) is 0 Å². The largest absolute Gasteiger partial charge is 0.508 e. The van der Waals surface area contributed by atoms with Gasteiger partial charge in [0, 0.05) is 12.5 Å². The summed E-state index contributed by atoms with van der Waals surface area (Å²) in [7, 11) is 0. The zero-order valence-corrected chi connectivity index (χ0v) is 22.7. The van der Waals surface area contributed by atoms with Gasteiger partial charge in [-0.05, 0) is 42.9 Å². The first kappa shape index (κ1) is 26.2. The molecule has 4 amide bonds. The van der Waals surface area contributed by atoms with Gasteiger partial charge in [-0.15, -0.1) is 23.2 Å². The Labute approximate surface area is 230 Å². The third-order valence-corrected chi connectivity index (χ3v) is 10.1. The maximum absolute atomic E-state index is 13.7. The fraction of sp³-hybridized carbons (Fsp3) is 0.480. The van der Waals surface area contributed by atoms with Crippen molar-refractivity contribution in [1.29, 1.82) is 0 Å². The Morgan fingerprint density at radius 3 is 2.43 bits per heavy atom. The molecule has 2 heterocycles. The zero-order valence-electron chi connectivity index (χ0n) is 19.6. The van der Waals surface area contributed by atoms with Crippen molar-refractivity contribution in [2.45, 2.75) is 41.9 Å². The first-order valence-corrected chi connectivity index (χ1v) is 13.6. The van der Waals surface area contributed by atoms with Crippen molar-refractivity contribution in [1.82, 2.24) is 9.80 Å².